The number of hydrogen-bond donors (Lipinski definition) is 0. The largest absolute Gasteiger partial charge is 0.268 e. The normalized spacial score (nSPS) is 9.77. The van der Waals surface area contributed by atoms with Gasteiger partial charge in [-0.05, 0) is 36.4 Å². The molecule has 70 valence electrons. The van der Waals surface area contributed by atoms with Gasteiger partial charge in [-0.2, -0.15) is 5.10 Å². The second-order valence-electron chi connectivity index (χ2n) is 2.98. The number of nitrogens with zero attached hydrogens (tertiary/aromatic N) is 2. The lowest BCUT2D eigenvalue weighted by Gasteiger charge is -1.99. The fourth-order valence-electron chi connectivity index (χ4n) is 0.818. The van der Waals surface area contributed by atoms with E-state index < -0.39 is 0 Å². The van der Waals surface area contributed by atoms with E-state index in [2.05, 4.69) is 27.7 Å². The van der Waals surface area contributed by atoms with Crippen LogP contribution in [-0.2, 0) is 6.54 Å². The van der Waals surface area contributed by atoms with Gasteiger partial charge in [-0.15, -0.1) is 0 Å². The third-order valence-electron chi connectivity index (χ3n) is 1.51. The molecule has 1 rings (SSSR count). The van der Waals surface area contributed by atoms with E-state index in [0.717, 1.165) is 3.57 Å². The molecule has 0 fully saturated rings. The molecule has 0 amide bonds. The first-order chi connectivity index (χ1) is 6.09. The molecule has 0 saturated carbocycles. The van der Waals surface area contributed by atoms with Gasteiger partial charge in [0.1, 0.15) is 0 Å². The summed E-state index contributed by atoms with van der Waals surface area (Å²) in [5.74, 6) is 0. The molecule has 0 aliphatic rings. The highest BCUT2D eigenvalue weighted by atomic mass is 127. The van der Waals surface area contributed by atoms with Crippen LogP contribution in [0.2, 0.25) is 0 Å². The van der Waals surface area contributed by atoms with E-state index in [1.165, 1.54) is 10.3 Å². The lowest BCUT2D eigenvalue weighted by molar-refractivity contribution is 0.646. The molecule has 0 saturated heterocycles. The predicted molar refractivity (Wildman–Crippen MR) is 60.6 cm³/mol. The highest BCUT2D eigenvalue weighted by Gasteiger charge is 1.95. The van der Waals surface area contributed by atoms with Gasteiger partial charge in [0, 0.05) is 9.64 Å². The van der Waals surface area contributed by atoms with E-state index in [1.807, 2.05) is 19.9 Å². The number of hydrogen-bond acceptors (Lipinski definition) is 2. The van der Waals surface area contributed by atoms with Crippen molar-refractivity contribution in [1.82, 2.24) is 9.78 Å². The molecular weight excluding hydrogens is 279 g/mol. The zero-order valence-electron chi connectivity index (χ0n) is 7.62. The molecule has 3 nitrogen and oxygen atoms in total. The van der Waals surface area contributed by atoms with Crippen LogP contribution in [0, 0.1) is 3.57 Å². The Morgan fingerprint density at radius 2 is 2.38 bits per heavy atom. The maximum atomic E-state index is 11.3. The monoisotopic (exact) mass is 290 g/mol. The molecule has 0 unspecified atom stereocenters. The van der Waals surface area contributed by atoms with Crippen LogP contribution in [0.4, 0.5) is 0 Å². The molecule has 0 spiro atoms. The summed E-state index contributed by atoms with van der Waals surface area (Å²) < 4.78 is 2.31. The Hall–Kier alpha value is -0.650. The smallest absolute Gasteiger partial charge is 0.268 e. The van der Waals surface area contributed by atoms with Crippen molar-refractivity contribution in [3.05, 3.63) is 37.8 Å². The van der Waals surface area contributed by atoms with Gasteiger partial charge in [-0.1, -0.05) is 11.6 Å². The van der Waals surface area contributed by atoms with Gasteiger partial charge >= 0.3 is 0 Å². The van der Waals surface area contributed by atoms with Crippen LogP contribution in [0.5, 0.6) is 0 Å². The SMILES string of the molecule is CC(C)=CCn1ncc(I)cc1=O. The van der Waals surface area contributed by atoms with Crippen LogP contribution < -0.4 is 5.56 Å². The van der Waals surface area contributed by atoms with E-state index in [1.54, 1.807) is 12.3 Å². The van der Waals surface area contributed by atoms with Gasteiger partial charge in [0.15, 0.2) is 0 Å². The van der Waals surface area contributed by atoms with Crippen molar-refractivity contribution in [3.63, 3.8) is 0 Å². The van der Waals surface area contributed by atoms with Crippen LogP contribution in [0.25, 0.3) is 0 Å². The average molecular weight is 290 g/mol. The molecule has 13 heavy (non-hydrogen) atoms. The summed E-state index contributed by atoms with van der Waals surface area (Å²) in [7, 11) is 0. The van der Waals surface area contributed by atoms with Crippen molar-refractivity contribution >= 4 is 22.6 Å². The second kappa shape index (κ2) is 4.55. The predicted octanol–water partition coefficient (Wildman–Crippen LogP) is 1.81. The number of halogens is 1. The third-order valence-corrected chi connectivity index (χ3v) is 2.10. The summed E-state index contributed by atoms with van der Waals surface area (Å²) in [6.07, 6.45) is 3.65. The number of allylic oxidation sites excluding steroid dienone is 2. The van der Waals surface area contributed by atoms with E-state index in [9.17, 15) is 4.79 Å². The Kier molecular flexibility index (Phi) is 3.65. The van der Waals surface area contributed by atoms with Crippen LogP contribution >= 0.6 is 22.6 Å². The topological polar surface area (TPSA) is 34.9 Å². The minimum absolute atomic E-state index is 0.0515. The van der Waals surface area contributed by atoms with Crippen molar-refractivity contribution in [2.45, 2.75) is 20.4 Å². The first-order valence-electron chi connectivity index (χ1n) is 3.95. The second-order valence-corrected chi connectivity index (χ2v) is 4.22. The van der Waals surface area contributed by atoms with Crippen molar-refractivity contribution in [2.24, 2.45) is 0 Å². The maximum Gasteiger partial charge on any atom is 0.268 e. The minimum atomic E-state index is -0.0515. The highest BCUT2D eigenvalue weighted by Crippen LogP contribution is 1.96. The van der Waals surface area contributed by atoms with E-state index >= 15 is 0 Å². The molecule has 1 aromatic heterocycles. The molecule has 0 aromatic carbocycles. The van der Waals surface area contributed by atoms with E-state index in [0.29, 0.717) is 6.54 Å². The van der Waals surface area contributed by atoms with Crippen molar-refractivity contribution in [3.8, 4) is 0 Å². The zero-order chi connectivity index (χ0) is 9.84. The third kappa shape index (κ3) is 3.30. The molecule has 0 N–H and O–H groups in total. The quantitative estimate of drug-likeness (QED) is 0.615. The first-order valence-corrected chi connectivity index (χ1v) is 5.03. The Bertz CT molecular complexity index is 377. The van der Waals surface area contributed by atoms with Crippen molar-refractivity contribution < 1.29 is 0 Å². The molecule has 1 heterocycles. The molecule has 0 aliphatic carbocycles. The first kappa shape index (κ1) is 10.4. The standard InChI is InChI=1S/C9H11IN2O/c1-7(2)3-4-12-9(13)5-8(10)6-11-12/h3,5-6H,4H2,1-2H3. The average Bonchev–Trinajstić information content (AvgIpc) is 2.02. The number of aromatic nitrogens is 2. The minimum Gasteiger partial charge on any atom is -0.268 e. The summed E-state index contributed by atoms with van der Waals surface area (Å²) in [6.45, 7) is 4.55. The summed E-state index contributed by atoms with van der Waals surface area (Å²) in [5, 5.41) is 4.00. The Labute approximate surface area is 90.6 Å². The van der Waals surface area contributed by atoms with E-state index in [-0.39, 0.29) is 5.56 Å². The van der Waals surface area contributed by atoms with Gasteiger partial charge in [0.2, 0.25) is 0 Å². The summed E-state index contributed by atoms with van der Waals surface area (Å²) in [6, 6.07) is 1.58. The zero-order valence-corrected chi connectivity index (χ0v) is 9.78. The lowest BCUT2D eigenvalue weighted by Crippen LogP contribution is -2.21. The number of rotatable bonds is 2. The Morgan fingerprint density at radius 1 is 1.69 bits per heavy atom. The van der Waals surface area contributed by atoms with Crippen LogP contribution in [0.1, 0.15) is 13.8 Å². The van der Waals surface area contributed by atoms with Gasteiger partial charge < -0.3 is 0 Å². The summed E-state index contributed by atoms with van der Waals surface area (Å²) in [4.78, 5) is 11.3. The molecule has 0 bridgehead atoms. The van der Waals surface area contributed by atoms with E-state index in [4.69, 9.17) is 0 Å². The van der Waals surface area contributed by atoms with Gasteiger partial charge in [-0.3, -0.25) is 4.79 Å². The molecule has 0 atom stereocenters. The van der Waals surface area contributed by atoms with Crippen LogP contribution in [0.15, 0.2) is 28.7 Å². The summed E-state index contributed by atoms with van der Waals surface area (Å²) >= 11 is 2.07. The molecule has 0 aliphatic heterocycles. The van der Waals surface area contributed by atoms with Gasteiger partial charge in [0.05, 0.1) is 12.7 Å². The molecule has 1 aromatic rings. The molecule has 4 heteroatoms. The molecule has 0 radical (unpaired) electrons. The Balaban J connectivity index is 2.91. The van der Waals surface area contributed by atoms with Crippen LogP contribution in [0.3, 0.4) is 0 Å². The lowest BCUT2D eigenvalue weighted by atomic mass is 10.3. The van der Waals surface area contributed by atoms with Gasteiger partial charge in [-0.25, -0.2) is 4.68 Å². The molecular formula is C9H11IN2O. The van der Waals surface area contributed by atoms with Crippen molar-refractivity contribution in [1.29, 1.82) is 0 Å². The van der Waals surface area contributed by atoms with Gasteiger partial charge in [0.25, 0.3) is 5.56 Å². The fraction of sp³-hybridized carbons (Fsp3) is 0.333. The van der Waals surface area contributed by atoms with Crippen molar-refractivity contribution in [2.75, 3.05) is 0 Å². The fourth-order valence-corrected chi connectivity index (χ4v) is 1.21. The maximum absolute atomic E-state index is 11.3. The summed E-state index contributed by atoms with van der Waals surface area (Å²) in [5.41, 5.74) is 1.14. The van der Waals surface area contributed by atoms with Crippen LogP contribution in [-0.4, -0.2) is 9.78 Å². The highest BCUT2D eigenvalue weighted by molar-refractivity contribution is 14.1. The Morgan fingerprint density at radius 3 is 2.92 bits per heavy atom.